The van der Waals surface area contributed by atoms with E-state index in [0.29, 0.717) is 51.8 Å². The number of nitrogens with zero attached hydrogens (tertiary/aromatic N) is 5. The number of carbonyl (C=O) groups is 6. The summed E-state index contributed by atoms with van der Waals surface area (Å²) in [5.41, 5.74) is 3.11. The average Bonchev–Trinajstić information content (AvgIpc) is 4.00. The average molecular weight is 828 g/mol. The second kappa shape index (κ2) is 18.3. The molecule has 7 rings (SSSR count). The monoisotopic (exact) mass is 827 g/mol. The molecule has 3 aliphatic carbocycles. The van der Waals surface area contributed by atoms with E-state index in [1.54, 1.807) is 19.0 Å². The van der Waals surface area contributed by atoms with E-state index >= 15 is 0 Å². The van der Waals surface area contributed by atoms with E-state index in [4.69, 9.17) is 9.47 Å². The fraction of sp³-hybridized carbons (Fsp3) is 0.609. The van der Waals surface area contributed by atoms with Gasteiger partial charge in [-0.05, 0) is 86.5 Å². The van der Waals surface area contributed by atoms with Crippen LogP contribution in [0.4, 0.5) is 4.79 Å². The van der Waals surface area contributed by atoms with Crippen LogP contribution in [0.15, 0.2) is 48.5 Å². The van der Waals surface area contributed by atoms with Gasteiger partial charge in [0.05, 0.1) is 19.1 Å². The Bertz CT molecular complexity index is 1890. The first kappa shape index (κ1) is 43.1. The van der Waals surface area contributed by atoms with Gasteiger partial charge >= 0.3 is 12.1 Å². The molecular weight excluding hydrogens is 767 g/mol. The Morgan fingerprint density at radius 3 is 2.02 bits per heavy atom. The summed E-state index contributed by atoms with van der Waals surface area (Å²) in [5, 5.41) is 9.86. The molecule has 2 heterocycles. The van der Waals surface area contributed by atoms with Gasteiger partial charge in [0.25, 0.3) is 0 Å². The van der Waals surface area contributed by atoms with Crippen LogP contribution in [0.1, 0.15) is 101 Å². The van der Waals surface area contributed by atoms with E-state index in [-0.39, 0.29) is 37.3 Å². The van der Waals surface area contributed by atoms with Gasteiger partial charge in [0.15, 0.2) is 0 Å². The predicted molar refractivity (Wildman–Crippen MR) is 223 cm³/mol. The lowest BCUT2D eigenvalue weighted by atomic mass is 9.73. The SMILES string of the molecule is CCO[C@@H]1C[C@@H](C(=O)N(C)C2(C(=O)N(C)C(C(=O)N(C)C(CC(=O)O)C(=O)N3CCCCC3)C3CCCC3)CCC2)N(C(=O)OCC2c3ccccc3-c3ccccc32)C1. The lowest BCUT2D eigenvalue weighted by Gasteiger charge is -2.51. The largest absolute Gasteiger partial charge is 0.481 e. The zero-order valence-corrected chi connectivity index (χ0v) is 35.6. The number of hydrogen-bond acceptors (Lipinski definition) is 8. The molecule has 2 aromatic carbocycles. The van der Waals surface area contributed by atoms with Crippen LogP contribution in [0, 0.1) is 5.92 Å². The molecular formula is C46H61N5O9. The van der Waals surface area contributed by atoms with Crippen LogP contribution >= 0.6 is 0 Å². The Morgan fingerprint density at radius 1 is 0.833 bits per heavy atom. The fourth-order valence-corrected chi connectivity index (χ4v) is 10.6. The lowest BCUT2D eigenvalue weighted by Crippen LogP contribution is -2.68. The van der Waals surface area contributed by atoms with Crippen LogP contribution in [-0.2, 0) is 33.4 Å². The van der Waals surface area contributed by atoms with Crippen LogP contribution in [0.3, 0.4) is 0 Å². The third kappa shape index (κ3) is 8.23. The molecule has 1 N–H and O–H groups in total. The van der Waals surface area contributed by atoms with E-state index in [0.717, 1.165) is 54.4 Å². The number of carboxylic acid groups (broad SMARTS) is 1. The summed E-state index contributed by atoms with van der Waals surface area (Å²) in [6.45, 7) is 3.53. The highest BCUT2D eigenvalue weighted by atomic mass is 16.6. The number of aliphatic carboxylic acids is 1. The van der Waals surface area contributed by atoms with E-state index in [2.05, 4.69) is 24.3 Å². The summed E-state index contributed by atoms with van der Waals surface area (Å²) in [4.78, 5) is 91.5. The molecule has 0 aromatic heterocycles. The van der Waals surface area contributed by atoms with Gasteiger partial charge in [0.1, 0.15) is 30.3 Å². The second-order valence-electron chi connectivity index (χ2n) is 17.4. The van der Waals surface area contributed by atoms with Crippen molar-refractivity contribution in [1.82, 2.24) is 24.5 Å². The maximum absolute atomic E-state index is 15.0. The van der Waals surface area contributed by atoms with E-state index in [9.17, 15) is 33.9 Å². The van der Waals surface area contributed by atoms with Crippen LogP contribution in [0.2, 0.25) is 0 Å². The number of piperidine rings is 1. The first-order valence-corrected chi connectivity index (χ1v) is 21.9. The molecule has 0 bridgehead atoms. The number of amides is 5. The number of ether oxygens (including phenoxy) is 2. The van der Waals surface area contributed by atoms with Gasteiger partial charge in [-0.25, -0.2) is 4.79 Å². The molecule has 0 radical (unpaired) electrons. The molecule has 2 saturated carbocycles. The Hall–Kier alpha value is -4.98. The minimum atomic E-state index is -1.26. The smallest absolute Gasteiger partial charge is 0.410 e. The first-order chi connectivity index (χ1) is 28.9. The first-order valence-electron chi connectivity index (χ1n) is 21.9. The zero-order chi connectivity index (χ0) is 42.7. The van der Waals surface area contributed by atoms with Gasteiger partial charge in [-0.2, -0.15) is 0 Å². The molecule has 2 saturated heterocycles. The molecule has 14 nitrogen and oxygen atoms in total. The Morgan fingerprint density at radius 2 is 1.45 bits per heavy atom. The molecule has 2 aromatic rings. The molecule has 60 heavy (non-hydrogen) atoms. The zero-order valence-electron chi connectivity index (χ0n) is 35.6. The van der Waals surface area contributed by atoms with Crippen LogP contribution in [0.5, 0.6) is 0 Å². The number of rotatable bonds is 14. The minimum Gasteiger partial charge on any atom is -0.481 e. The Labute approximate surface area is 353 Å². The fourth-order valence-electron chi connectivity index (χ4n) is 10.6. The summed E-state index contributed by atoms with van der Waals surface area (Å²) in [6, 6.07) is 13.1. The van der Waals surface area contributed by atoms with Gasteiger partial charge in [0.2, 0.25) is 23.6 Å². The van der Waals surface area contributed by atoms with Crippen molar-refractivity contribution in [2.75, 3.05) is 54.0 Å². The van der Waals surface area contributed by atoms with Crippen molar-refractivity contribution in [2.45, 2.75) is 120 Å². The lowest BCUT2D eigenvalue weighted by molar-refractivity contribution is -0.166. The summed E-state index contributed by atoms with van der Waals surface area (Å²) >= 11 is 0. The third-order valence-electron chi connectivity index (χ3n) is 14.0. The highest BCUT2D eigenvalue weighted by Crippen LogP contribution is 2.45. The molecule has 4 fully saturated rings. The van der Waals surface area contributed by atoms with Crippen LogP contribution in [-0.4, -0.2) is 149 Å². The van der Waals surface area contributed by atoms with Gasteiger partial charge in [-0.1, -0.05) is 61.4 Å². The van der Waals surface area contributed by atoms with E-state index in [1.165, 1.54) is 26.6 Å². The van der Waals surface area contributed by atoms with Crippen molar-refractivity contribution in [3.05, 3.63) is 59.7 Å². The van der Waals surface area contributed by atoms with E-state index < -0.39 is 66.0 Å². The van der Waals surface area contributed by atoms with Crippen molar-refractivity contribution in [3.63, 3.8) is 0 Å². The Balaban J connectivity index is 1.09. The number of fused-ring (bicyclic) bond motifs is 3. The molecule has 324 valence electrons. The van der Waals surface area contributed by atoms with Crippen molar-refractivity contribution in [2.24, 2.45) is 5.92 Å². The summed E-state index contributed by atoms with van der Waals surface area (Å²) in [6.07, 6.45) is 5.88. The molecule has 2 unspecified atom stereocenters. The Kier molecular flexibility index (Phi) is 13.2. The van der Waals surface area contributed by atoms with Crippen molar-refractivity contribution >= 4 is 35.7 Å². The van der Waals surface area contributed by atoms with Gasteiger partial charge in [-0.15, -0.1) is 0 Å². The molecule has 0 spiro atoms. The van der Waals surface area contributed by atoms with Crippen molar-refractivity contribution in [3.8, 4) is 11.1 Å². The van der Waals surface area contributed by atoms with Gasteiger partial charge in [0, 0.05) is 53.2 Å². The standard InChI is InChI=1S/C46H61N5O9/c1-5-59-31-26-38(51(28-31)45(58)60-29-36-34-20-11-9-18-32(34)33-19-10-12-21-35(33)36)41(54)49(4)46(22-15-23-46)44(57)48(3)40(30-16-7-8-17-30)43(56)47(2)37(27-39(52)53)42(55)50-24-13-6-14-25-50/h9-12,18-21,30-31,36-38,40H,5-8,13-17,22-29H2,1-4H3,(H,52,53)/t31-,37?,38+,40?/m1/s1. The number of benzene rings is 2. The minimum absolute atomic E-state index is 0.0919. The number of carboxylic acids is 1. The molecule has 2 aliphatic heterocycles. The maximum atomic E-state index is 15.0. The maximum Gasteiger partial charge on any atom is 0.410 e. The highest BCUT2D eigenvalue weighted by molar-refractivity contribution is 5.98. The number of likely N-dealkylation sites (N-methyl/N-ethyl adjacent to an activating group) is 3. The number of hydrogen-bond donors (Lipinski definition) is 1. The summed E-state index contributed by atoms with van der Waals surface area (Å²) < 4.78 is 12.0. The van der Waals surface area contributed by atoms with Crippen molar-refractivity contribution in [1.29, 1.82) is 0 Å². The second-order valence-corrected chi connectivity index (χ2v) is 17.4. The summed E-state index contributed by atoms with van der Waals surface area (Å²) in [5.74, 6) is -3.20. The van der Waals surface area contributed by atoms with Crippen LogP contribution < -0.4 is 0 Å². The molecule has 5 aliphatic rings. The topological polar surface area (TPSA) is 157 Å². The molecule has 14 heteroatoms. The van der Waals surface area contributed by atoms with Gasteiger partial charge in [-0.3, -0.25) is 28.9 Å². The number of carbonyl (C=O) groups excluding carboxylic acids is 5. The van der Waals surface area contributed by atoms with E-state index in [1.807, 2.05) is 31.2 Å². The number of likely N-dealkylation sites (tertiary alicyclic amines) is 2. The van der Waals surface area contributed by atoms with Crippen LogP contribution in [0.25, 0.3) is 11.1 Å². The van der Waals surface area contributed by atoms with Gasteiger partial charge < -0.3 is 34.2 Å². The normalized spacial score (nSPS) is 21.9. The third-order valence-corrected chi connectivity index (χ3v) is 14.0. The predicted octanol–water partition coefficient (Wildman–Crippen LogP) is 5.13. The quantitative estimate of drug-likeness (QED) is 0.273. The summed E-state index contributed by atoms with van der Waals surface area (Å²) in [7, 11) is 4.67. The highest BCUT2D eigenvalue weighted by Gasteiger charge is 2.56. The molecule has 4 atom stereocenters. The van der Waals surface area contributed by atoms with Crippen molar-refractivity contribution < 1.29 is 43.3 Å². The molecule has 5 amide bonds.